The van der Waals surface area contributed by atoms with Gasteiger partial charge < -0.3 is 27.9 Å². The largest absolute Gasteiger partial charge is 0.756 e. The summed E-state index contributed by atoms with van der Waals surface area (Å²) >= 11 is 0. The van der Waals surface area contributed by atoms with Gasteiger partial charge in [-0.3, -0.25) is 14.2 Å². The predicted molar refractivity (Wildman–Crippen MR) is 250 cm³/mol. The summed E-state index contributed by atoms with van der Waals surface area (Å²) in [5, 5.41) is 0. The zero-order valence-corrected chi connectivity index (χ0v) is 40.8. The minimum Gasteiger partial charge on any atom is -0.756 e. The van der Waals surface area contributed by atoms with Crippen molar-refractivity contribution in [1.82, 2.24) is 0 Å². The fourth-order valence-electron chi connectivity index (χ4n) is 7.04. The zero-order valence-electron chi connectivity index (χ0n) is 39.9. The molecule has 10 heteroatoms. The monoisotopic (exact) mass is 870 g/mol. The van der Waals surface area contributed by atoms with Gasteiger partial charge in [-0.15, -0.1) is 0 Å². The number of hydrogen-bond acceptors (Lipinski definition) is 8. The van der Waals surface area contributed by atoms with Gasteiger partial charge in [0.05, 0.1) is 27.7 Å². The molecule has 0 bridgehead atoms. The lowest BCUT2D eigenvalue weighted by Gasteiger charge is -2.28. The minimum absolute atomic E-state index is 0.0292. The number of likely N-dealkylation sites (N-methyl/N-ethyl adjacent to an activating group) is 1. The van der Waals surface area contributed by atoms with Gasteiger partial charge in [0, 0.05) is 12.8 Å². The van der Waals surface area contributed by atoms with Gasteiger partial charge in [0.1, 0.15) is 19.8 Å². The second kappa shape index (κ2) is 42.8. The topological polar surface area (TPSA) is 111 Å². The molecule has 60 heavy (non-hydrogen) atoms. The maximum atomic E-state index is 12.7. The molecule has 0 aliphatic carbocycles. The molecule has 0 aromatic heterocycles. The van der Waals surface area contributed by atoms with E-state index in [9.17, 15) is 19.0 Å². The molecule has 1 unspecified atom stereocenters. The van der Waals surface area contributed by atoms with Crippen molar-refractivity contribution in [2.24, 2.45) is 0 Å². The SMILES string of the molecule is CCCCC/C=C\C/C=C\CCCCCCCCCCCC(=O)OC[C@H](COP(=O)([O-])OCC[N+](C)(C)C)OC(=O)CCCCCCCCCCCCCCCCCCC. The number of phosphoric ester groups is 1. The summed E-state index contributed by atoms with van der Waals surface area (Å²) in [5.74, 6) is -0.827. The number of quaternary nitrogens is 1. The summed E-state index contributed by atoms with van der Waals surface area (Å²) < 4.78 is 34.0. The van der Waals surface area contributed by atoms with Gasteiger partial charge >= 0.3 is 11.9 Å². The van der Waals surface area contributed by atoms with Gasteiger partial charge in [0.2, 0.25) is 0 Å². The maximum absolute atomic E-state index is 12.7. The minimum atomic E-state index is -4.63. The first kappa shape index (κ1) is 58.5. The lowest BCUT2D eigenvalue weighted by molar-refractivity contribution is -0.870. The van der Waals surface area contributed by atoms with Crippen molar-refractivity contribution in [1.29, 1.82) is 0 Å². The molecule has 0 saturated heterocycles. The van der Waals surface area contributed by atoms with E-state index in [4.69, 9.17) is 18.5 Å². The van der Waals surface area contributed by atoms with Crippen molar-refractivity contribution in [3.05, 3.63) is 24.3 Å². The van der Waals surface area contributed by atoms with Crippen molar-refractivity contribution >= 4 is 19.8 Å². The lowest BCUT2D eigenvalue weighted by Crippen LogP contribution is -2.37. The molecule has 0 rings (SSSR count). The van der Waals surface area contributed by atoms with Crippen LogP contribution in [0.25, 0.3) is 0 Å². The van der Waals surface area contributed by atoms with Gasteiger partial charge in [-0.2, -0.15) is 0 Å². The zero-order chi connectivity index (χ0) is 44.3. The molecular weight excluding hydrogens is 774 g/mol. The highest BCUT2D eigenvalue weighted by atomic mass is 31.2. The Bertz CT molecular complexity index is 1070. The van der Waals surface area contributed by atoms with Crippen LogP contribution in [-0.4, -0.2) is 70.0 Å². The van der Waals surface area contributed by atoms with Crippen LogP contribution in [0.3, 0.4) is 0 Å². The number of carbonyl (C=O) groups is 2. The van der Waals surface area contributed by atoms with E-state index in [0.29, 0.717) is 17.4 Å². The Labute approximate surface area is 370 Å². The molecule has 0 N–H and O–H groups in total. The van der Waals surface area contributed by atoms with Crippen LogP contribution in [0.1, 0.15) is 232 Å². The number of nitrogens with zero attached hydrogens (tertiary/aromatic N) is 1. The Morgan fingerprint density at radius 3 is 1.35 bits per heavy atom. The molecule has 2 atom stereocenters. The first-order valence-corrected chi connectivity index (χ1v) is 26.5. The number of ether oxygens (including phenoxy) is 2. The highest BCUT2D eigenvalue weighted by molar-refractivity contribution is 7.45. The second-order valence-electron chi connectivity index (χ2n) is 18.2. The summed E-state index contributed by atoms with van der Waals surface area (Å²) in [6.07, 6.45) is 47.7. The molecule has 0 aliphatic heterocycles. The Morgan fingerprint density at radius 2 is 0.900 bits per heavy atom. The molecule has 354 valence electrons. The number of allylic oxidation sites excluding steroid dienone is 4. The molecule has 0 aromatic rings. The van der Waals surface area contributed by atoms with E-state index in [2.05, 4.69) is 38.2 Å². The summed E-state index contributed by atoms with van der Waals surface area (Å²) in [6, 6.07) is 0. The van der Waals surface area contributed by atoms with E-state index in [-0.39, 0.29) is 32.0 Å². The summed E-state index contributed by atoms with van der Waals surface area (Å²) in [7, 11) is 1.17. The number of carbonyl (C=O) groups excluding carboxylic acids is 2. The van der Waals surface area contributed by atoms with Crippen LogP contribution in [0.15, 0.2) is 24.3 Å². The quantitative estimate of drug-likeness (QED) is 0.0195. The lowest BCUT2D eigenvalue weighted by atomic mass is 10.0. The summed E-state index contributed by atoms with van der Waals surface area (Å²) in [5.41, 5.74) is 0. The van der Waals surface area contributed by atoms with Crippen LogP contribution in [-0.2, 0) is 32.7 Å². The average Bonchev–Trinajstić information content (AvgIpc) is 3.20. The van der Waals surface area contributed by atoms with E-state index >= 15 is 0 Å². The molecular formula is C50H96NO8P. The third-order valence-electron chi connectivity index (χ3n) is 11.0. The maximum Gasteiger partial charge on any atom is 0.306 e. The first-order chi connectivity index (χ1) is 29.0. The number of esters is 2. The number of hydrogen-bond donors (Lipinski definition) is 0. The summed E-state index contributed by atoms with van der Waals surface area (Å²) in [4.78, 5) is 37.7. The van der Waals surface area contributed by atoms with E-state index in [0.717, 1.165) is 38.5 Å². The second-order valence-corrected chi connectivity index (χ2v) is 19.6. The van der Waals surface area contributed by atoms with Crippen molar-refractivity contribution in [2.75, 3.05) is 47.5 Å². The van der Waals surface area contributed by atoms with Gasteiger partial charge in [0.25, 0.3) is 7.82 Å². The van der Waals surface area contributed by atoms with Crippen LogP contribution in [0, 0.1) is 0 Å². The van der Waals surface area contributed by atoms with E-state index < -0.39 is 26.5 Å². The third kappa shape index (κ3) is 46.0. The highest BCUT2D eigenvalue weighted by Crippen LogP contribution is 2.38. The van der Waals surface area contributed by atoms with Gasteiger partial charge in [-0.25, -0.2) is 0 Å². The molecule has 0 radical (unpaired) electrons. The van der Waals surface area contributed by atoms with Crippen molar-refractivity contribution in [2.45, 2.75) is 238 Å². The predicted octanol–water partition coefficient (Wildman–Crippen LogP) is 14.1. The Morgan fingerprint density at radius 1 is 0.517 bits per heavy atom. The standard InChI is InChI=1S/C50H96NO8P/c1-6-8-10-12-14-16-18-20-22-24-25-27-28-30-32-34-36-38-40-42-49(52)56-46-48(47-58-60(54,55)57-45-44-51(3,4)5)59-50(53)43-41-39-37-35-33-31-29-26-23-21-19-17-15-13-11-9-7-2/h14,16,20,22,48H,6-13,15,17-19,21,23-47H2,1-5H3/b16-14-,22-20-/t48-/m1/s1. The number of phosphoric acid groups is 1. The van der Waals surface area contributed by atoms with E-state index in [1.54, 1.807) is 0 Å². The molecule has 0 saturated carbocycles. The Hall–Kier alpha value is -1.51. The van der Waals surface area contributed by atoms with Gasteiger partial charge in [-0.05, 0) is 44.9 Å². The smallest absolute Gasteiger partial charge is 0.306 e. The highest BCUT2D eigenvalue weighted by Gasteiger charge is 2.21. The van der Waals surface area contributed by atoms with Gasteiger partial charge in [-0.1, -0.05) is 199 Å². The van der Waals surface area contributed by atoms with E-state index in [1.807, 2.05) is 21.1 Å². The van der Waals surface area contributed by atoms with Crippen LogP contribution < -0.4 is 4.89 Å². The molecule has 0 aliphatic rings. The van der Waals surface area contributed by atoms with Crippen LogP contribution in [0.4, 0.5) is 0 Å². The Balaban J connectivity index is 4.25. The molecule has 0 heterocycles. The average molecular weight is 870 g/mol. The van der Waals surface area contributed by atoms with Crippen LogP contribution >= 0.6 is 7.82 Å². The normalized spacial score (nSPS) is 13.6. The molecule has 0 fully saturated rings. The van der Waals surface area contributed by atoms with Crippen LogP contribution in [0.2, 0.25) is 0 Å². The number of unbranched alkanes of at least 4 members (excludes halogenated alkanes) is 28. The van der Waals surface area contributed by atoms with E-state index in [1.165, 1.54) is 161 Å². The molecule has 0 amide bonds. The first-order valence-electron chi connectivity index (χ1n) is 25.0. The number of rotatable bonds is 46. The fourth-order valence-corrected chi connectivity index (χ4v) is 7.77. The van der Waals surface area contributed by atoms with Crippen molar-refractivity contribution in [3.8, 4) is 0 Å². The molecule has 0 spiro atoms. The van der Waals surface area contributed by atoms with Crippen LogP contribution in [0.5, 0.6) is 0 Å². The Kier molecular flexibility index (Phi) is 41.7. The third-order valence-corrected chi connectivity index (χ3v) is 11.9. The molecule has 9 nitrogen and oxygen atoms in total. The molecule has 0 aromatic carbocycles. The summed E-state index contributed by atoms with van der Waals surface area (Å²) in [6.45, 7) is 4.24. The van der Waals surface area contributed by atoms with Gasteiger partial charge in [0.15, 0.2) is 6.10 Å². The fraction of sp³-hybridized carbons (Fsp3) is 0.880. The van der Waals surface area contributed by atoms with Crippen molar-refractivity contribution < 1.29 is 42.1 Å². The van der Waals surface area contributed by atoms with Crippen molar-refractivity contribution in [3.63, 3.8) is 0 Å².